The number of thiazole rings is 1. The molecule has 0 saturated heterocycles. The van der Waals surface area contributed by atoms with Crippen molar-refractivity contribution in [3.05, 3.63) is 71.0 Å². The molecular weight excluding hydrogens is 380 g/mol. The Morgan fingerprint density at radius 3 is 2.48 bits per heavy atom. The number of nitrogens with zero attached hydrogens (tertiary/aromatic N) is 2. The second-order valence-corrected chi connectivity index (χ2v) is 9.26. The standard InChI is InChI=1S/C20H16N2O3S2/c1-22-18-14-8-4-3-7-13(14)11-12-16(18)26-20(22)21-19(23)15-9-5-6-10-17(15)27(2,24)25/h3-12H,1-2H3. The topological polar surface area (TPSA) is 68.5 Å². The van der Waals surface area contributed by atoms with Crippen LogP contribution in [0.4, 0.5) is 0 Å². The van der Waals surface area contributed by atoms with Gasteiger partial charge in [-0.2, -0.15) is 4.99 Å². The van der Waals surface area contributed by atoms with Gasteiger partial charge in [0.2, 0.25) is 0 Å². The van der Waals surface area contributed by atoms with E-state index in [4.69, 9.17) is 0 Å². The summed E-state index contributed by atoms with van der Waals surface area (Å²) in [5.41, 5.74) is 1.09. The minimum atomic E-state index is -3.52. The Labute approximate surface area is 160 Å². The molecule has 1 amide bonds. The fraction of sp³-hybridized carbons (Fsp3) is 0.100. The number of benzene rings is 3. The van der Waals surface area contributed by atoms with Gasteiger partial charge in [-0.15, -0.1) is 0 Å². The summed E-state index contributed by atoms with van der Waals surface area (Å²) in [6.45, 7) is 0. The first-order valence-electron chi connectivity index (χ1n) is 8.22. The van der Waals surface area contributed by atoms with Gasteiger partial charge in [-0.25, -0.2) is 8.42 Å². The van der Waals surface area contributed by atoms with Crippen LogP contribution in [-0.2, 0) is 16.9 Å². The van der Waals surface area contributed by atoms with Gasteiger partial charge >= 0.3 is 0 Å². The minimum Gasteiger partial charge on any atom is -0.319 e. The van der Waals surface area contributed by atoms with Crippen LogP contribution in [0.15, 0.2) is 70.6 Å². The highest BCUT2D eigenvalue weighted by molar-refractivity contribution is 7.90. The first-order chi connectivity index (χ1) is 12.9. The fourth-order valence-electron chi connectivity index (χ4n) is 3.14. The van der Waals surface area contributed by atoms with E-state index in [1.807, 2.05) is 48.0 Å². The molecule has 0 atom stereocenters. The van der Waals surface area contributed by atoms with Crippen LogP contribution in [0, 0.1) is 0 Å². The molecular formula is C20H16N2O3S2. The second-order valence-electron chi connectivity index (χ2n) is 6.26. The molecule has 0 aliphatic carbocycles. The molecule has 27 heavy (non-hydrogen) atoms. The molecule has 0 spiro atoms. The van der Waals surface area contributed by atoms with Crippen molar-refractivity contribution in [3.63, 3.8) is 0 Å². The average molecular weight is 396 g/mol. The lowest BCUT2D eigenvalue weighted by Gasteiger charge is -2.04. The van der Waals surface area contributed by atoms with E-state index in [1.54, 1.807) is 12.1 Å². The molecule has 0 saturated carbocycles. The van der Waals surface area contributed by atoms with E-state index >= 15 is 0 Å². The zero-order valence-corrected chi connectivity index (χ0v) is 16.3. The van der Waals surface area contributed by atoms with Crippen LogP contribution in [0.3, 0.4) is 0 Å². The molecule has 7 heteroatoms. The summed E-state index contributed by atoms with van der Waals surface area (Å²) in [4.78, 5) is 17.5. The normalized spacial score (nSPS) is 12.7. The molecule has 4 rings (SSSR count). The number of hydrogen-bond donors (Lipinski definition) is 0. The molecule has 1 heterocycles. The Balaban J connectivity index is 1.94. The molecule has 4 aromatic rings. The van der Waals surface area contributed by atoms with Crippen LogP contribution in [-0.4, -0.2) is 25.1 Å². The van der Waals surface area contributed by atoms with Crippen molar-refractivity contribution in [2.45, 2.75) is 4.90 Å². The number of carbonyl (C=O) groups is 1. The lowest BCUT2D eigenvalue weighted by Crippen LogP contribution is -2.15. The number of aryl methyl sites for hydroxylation is 1. The first kappa shape index (κ1) is 17.6. The van der Waals surface area contributed by atoms with Crippen molar-refractivity contribution in [2.75, 3.05) is 6.26 Å². The number of sulfone groups is 1. The minimum absolute atomic E-state index is 0.00651. The quantitative estimate of drug-likeness (QED) is 0.520. The van der Waals surface area contributed by atoms with E-state index in [-0.39, 0.29) is 10.5 Å². The number of fused-ring (bicyclic) bond motifs is 3. The Kier molecular flexibility index (Phi) is 4.20. The Hall–Kier alpha value is -2.77. The molecule has 0 fully saturated rings. The van der Waals surface area contributed by atoms with Gasteiger partial charge in [-0.05, 0) is 23.6 Å². The third kappa shape index (κ3) is 3.09. The molecule has 0 unspecified atom stereocenters. The smallest absolute Gasteiger partial charge is 0.280 e. The van der Waals surface area contributed by atoms with Crippen molar-refractivity contribution >= 4 is 48.1 Å². The lowest BCUT2D eigenvalue weighted by atomic mass is 10.1. The van der Waals surface area contributed by atoms with Gasteiger partial charge < -0.3 is 4.57 Å². The summed E-state index contributed by atoms with van der Waals surface area (Å²) in [6.07, 6.45) is 1.09. The van der Waals surface area contributed by atoms with E-state index in [1.165, 1.54) is 23.5 Å². The number of amides is 1. The average Bonchev–Trinajstić information content (AvgIpc) is 2.97. The Bertz CT molecular complexity index is 1380. The Morgan fingerprint density at radius 1 is 1.00 bits per heavy atom. The van der Waals surface area contributed by atoms with Crippen molar-refractivity contribution in [1.29, 1.82) is 0 Å². The van der Waals surface area contributed by atoms with E-state index < -0.39 is 15.7 Å². The summed E-state index contributed by atoms with van der Waals surface area (Å²) < 4.78 is 26.8. The monoisotopic (exact) mass is 396 g/mol. The lowest BCUT2D eigenvalue weighted by molar-refractivity contribution is 0.0995. The number of rotatable bonds is 2. The third-order valence-electron chi connectivity index (χ3n) is 4.40. The molecule has 136 valence electrons. The zero-order valence-electron chi connectivity index (χ0n) is 14.7. The molecule has 0 N–H and O–H groups in total. The van der Waals surface area contributed by atoms with Crippen LogP contribution in [0.5, 0.6) is 0 Å². The van der Waals surface area contributed by atoms with Crippen molar-refractivity contribution in [1.82, 2.24) is 4.57 Å². The maximum Gasteiger partial charge on any atom is 0.280 e. The summed E-state index contributed by atoms with van der Waals surface area (Å²) in [7, 11) is -1.66. The van der Waals surface area contributed by atoms with E-state index in [9.17, 15) is 13.2 Å². The second kappa shape index (κ2) is 6.44. The zero-order chi connectivity index (χ0) is 19.2. The SMILES string of the molecule is Cn1c(=NC(=O)c2ccccc2S(C)(=O)=O)sc2ccc3ccccc3c21. The summed E-state index contributed by atoms with van der Waals surface area (Å²) in [6, 6.07) is 18.2. The van der Waals surface area contributed by atoms with Gasteiger partial charge in [0.1, 0.15) is 0 Å². The van der Waals surface area contributed by atoms with Crippen molar-refractivity contribution in [2.24, 2.45) is 12.0 Å². The van der Waals surface area contributed by atoms with Gasteiger partial charge in [-0.3, -0.25) is 4.79 Å². The molecule has 0 aliphatic heterocycles. The molecule has 0 radical (unpaired) electrons. The summed E-state index contributed by atoms with van der Waals surface area (Å²) in [5, 5.41) is 2.19. The Morgan fingerprint density at radius 2 is 1.70 bits per heavy atom. The van der Waals surface area contributed by atoms with Crippen LogP contribution < -0.4 is 4.80 Å². The summed E-state index contributed by atoms with van der Waals surface area (Å²) >= 11 is 1.40. The van der Waals surface area contributed by atoms with Gasteiger partial charge in [0.05, 0.1) is 20.7 Å². The van der Waals surface area contributed by atoms with Gasteiger partial charge in [-0.1, -0.05) is 53.8 Å². The molecule has 3 aromatic carbocycles. The highest BCUT2D eigenvalue weighted by Crippen LogP contribution is 2.26. The molecule has 1 aromatic heterocycles. The largest absolute Gasteiger partial charge is 0.319 e. The van der Waals surface area contributed by atoms with Crippen molar-refractivity contribution < 1.29 is 13.2 Å². The van der Waals surface area contributed by atoms with Crippen LogP contribution in [0.25, 0.3) is 21.0 Å². The van der Waals surface area contributed by atoms with Gasteiger partial charge in [0.15, 0.2) is 14.6 Å². The highest BCUT2D eigenvalue weighted by Gasteiger charge is 2.18. The predicted molar refractivity (Wildman–Crippen MR) is 108 cm³/mol. The third-order valence-corrected chi connectivity index (χ3v) is 6.65. The van der Waals surface area contributed by atoms with Gasteiger partial charge in [0.25, 0.3) is 5.91 Å². The van der Waals surface area contributed by atoms with E-state index in [2.05, 4.69) is 4.99 Å². The van der Waals surface area contributed by atoms with Crippen LogP contribution in [0.1, 0.15) is 10.4 Å². The van der Waals surface area contributed by atoms with E-state index in [0.717, 1.165) is 27.2 Å². The van der Waals surface area contributed by atoms with Crippen molar-refractivity contribution in [3.8, 4) is 0 Å². The fourth-order valence-corrected chi connectivity index (χ4v) is 5.05. The molecule has 0 bridgehead atoms. The van der Waals surface area contributed by atoms with E-state index in [0.29, 0.717) is 4.80 Å². The predicted octanol–water partition coefficient (Wildman–Crippen LogP) is 3.54. The maximum atomic E-state index is 12.7. The maximum absolute atomic E-state index is 12.7. The molecule has 0 aliphatic rings. The first-order valence-corrected chi connectivity index (χ1v) is 10.9. The highest BCUT2D eigenvalue weighted by atomic mass is 32.2. The summed E-state index contributed by atoms with van der Waals surface area (Å²) in [5.74, 6) is -0.567. The number of aromatic nitrogens is 1. The van der Waals surface area contributed by atoms with Crippen LogP contribution in [0.2, 0.25) is 0 Å². The molecule has 5 nitrogen and oxygen atoms in total. The van der Waals surface area contributed by atoms with Gasteiger partial charge in [0, 0.05) is 18.7 Å². The number of hydrogen-bond acceptors (Lipinski definition) is 4. The number of carbonyl (C=O) groups excluding carboxylic acids is 1. The van der Waals surface area contributed by atoms with Crippen LogP contribution >= 0.6 is 11.3 Å².